The Balaban J connectivity index is 0.00000726. The summed E-state index contributed by atoms with van der Waals surface area (Å²) in [6.07, 6.45) is 0. The number of carbonyl (C=O) groups excluding carboxylic acids is 3. The van der Waals surface area contributed by atoms with Gasteiger partial charge in [-0.05, 0) is 57.2 Å². The average Bonchev–Trinajstić information content (AvgIpc) is 3.24. The molecule has 0 radical (unpaired) electrons. The summed E-state index contributed by atoms with van der Waals surface area (Å²) < 4.78 is 106. The van der Waals surface area contributed by atoms with Crippen LogP contribution in [0.4, 0.5) is 0 Å². The van der Waals surface area contributed by atoms with Gasteiger partial charge in [-0.1, -0.05) is 0 Å². The molecule has 21 nitrogen and oxygen atoms in total. The zero-order valence-corrected chi connectivity index (χ0v) is 41.0. The molecule has 66 heavy (non-hydrogen) atoms. The molecule has 1 aliphatic rings. The van der Waals surface area contributed by atoms with E-state index in [4.69, 9.17) is 56.2 Å². The van der Waals surface area contributed by atoms with Gasteiger partial charge in [0, 0.05) is 49.3 Å². The normalized spacial score (nSPS) is 15.4. The van der Waals surface area contributed by atoms with Crippen molar-refractivity contribution < 1.29 is 156 Å². The van der Waals surface area contributed by atoms with Gasteiger partial charge in [0.2, 0.25) is 0 Å². The second kappa shape index (κ2) is 28.9. The van der Waals surface area contributed by atoms with Gasteiger partial charge >= 0.3 is 74.5 Å². The van der Waals surface area contributed by atoms with Crippen LogP contribution in [0.25, 0.3) is 0 Å². The number of benzene rings is 3. The van der Waals surface area contributed by atoms with E-state index in [-0.39, 0.29) is 143 Å². The molecule has 0 aliphatic carbocycles. The summed E-state index contributed by atoms with van der Waals surface area (Å²) in [7, 11) is -11.0. The number of hydrogen-bond donors (Lipinski definition) is 0. The summed E-state index contributed by atoms with van der Waals surface area (Å²) in [6, 6.07) is 7.15. The zero-order valence-electron chi connectivity index (χ0n) is 38.4. The van der Waals surface area contributed by atoms with Crippen molar-refractivity contribution >= 4 is 56.6 Å². The van der Waals surface area contributed by atoms with E-state index in [1.165, 1.54) is 57.2 Å². The Morgan fingerprint density at radius 3 is 0.818 bits per heavy atom. The van der Waals surface area contributed by atoms with Crippen molar-refractivity contribution in [2.24, 2.45) is 0 Å². The van der Waals surface area contributed by atoms with E-state index in [2.05, 4.69) is 0 Å². The van der Waals surface area contributed by atoms with Gasteiger partial charge in [-0.15, -0.1) is 0 Å². The first-order valence-electron chi connectivity index (χ1n) is 19.1. The molecule has 3 unspecified atom stereocenters. The number of rotatable bonds is 18. The topological polar surface area (TPSA) is 282 Å². The van der Waals surface area contributed by atoms with E-state index in [0.29, 0.717) is 0 Å². The standard InChI is InChI=1S/C39H51O21P3.3Li/c1-7-58-61(43,44)31-10-25-16-52-18-27-12-32(62(45,46)59-8-2)14-29(38(27)56-23-35(41)50-5)20-54-21-30-15-33(63(47,48)60-9-3)13-28(39(30)57-24-36(42)51-6)19-53-17-26(11-31)37(25)55-22-34(40)49-4;;;/h10-15H,7-9,16-24H2,1-6H3,(H,43,44)(H,45,46)(H,47,48);;;/q;3*+1/p-3. The van der Waals surface area contributed by atoms with E-state index in [1.807, 2.05) is 0 Å². The molecule has 1 heterocycles. The second-order valence-electron chi connectivity index (χ2n) is 13.1. The maximum atomic E-state index is 13.4. The smallest absolute Gasteiger partial charge is 0.775 e. The van der Waals surface area contributed by atoms with E-state index in [0.717, 1.165) is 21.3 Å². The Labute approximate surface area is 418 Å². The summed E-state index contributed by atoms with van der Waals surface area (Å²) >= 11 is 0. The van der Waals surface area contributed by atoms with Crippen LogP contribution < -0.4 is 101 Å². The van der Waals surface area contributed by atoms with Crippen molar-refractivity contribution in [3.63, 3.8) is 0 Å². The fourth-order valence-electron chi connectivity index (χ4n) is 6.00. The van der Waals surface area contributed by atoms with Gasteiger partial charge in [0.1, 0.15) is 17.2 Å². The number of esters is 3. The molecule has 0 aromatic heterocycles. The summed E-state index contributed by atoms with van der Waals surface area (Å²) in [4.78, 5) is 77.1. The van der Waals surface area contributed by atoms with Crippen LogP contribution in [-0.4, -0.2) is 78.9 Å². The molecule has 6 bridgehead atoms. The third-order valence-electron chi connectivity index (χ3n) is 8.76. The van der Waals surface area contributed by atoms with E-state index in [9.17, 15) is 42.8 Å². The Bertz CT molecular complexity index is 1940. The fraction of sp³-hybridized carbons (Fsp3) is 0.462. The van der Waals surface area contributed by atoms with Crippen LogP contribution in [0.3, 0.4) is 0 Å². The van der Waals surface area contributed by atoms with E-state index >= 15 is 0 Å². The molecule has 0 saturated carbocycles. The van der Waals surface area contributed by atoms with Crippen molar-refractivity contribution in [3.05, 3.63) is 69.8 Å². The van der Waals surface area contributed by atoms with Gasteiger partial charge in [-0.3, -0.25) is 0 Å². The molecule has 0 spiro atoms. The molecule has 0 saturated heterocycles. The number of methoxy groups -OCH3 is 3. The minimum absolute atomic E-state index is 0. The molecule has 4 rings (SSSR count). The Morgan fingerprint density at radius 1 is 0.455 bits per heavy atom. The van der Waals surface area contributed by atoms with Gasteiger partial charge in [0.05, 0.1) is 80.8 Å². The number of fused-ring (bicyclic) bond motifs is 6. The van der Waals surface area contributed by atoms with Crippen molar-refractivity contribution in [1.29, 1.82) is 0 Å². The maximum Gasteiger partial charge on any atom is 1.00 e. The minimum Gasteiger partial charge on any atom is -0.775 e. The Hall–Kier alpha value is -2.41. The number of carbonyl (C=O) groups is 3. The fourth-order valence-corrected chi connectivity index (χ4v) is 9.35. The molecule has 3 atom stereocenters. The van der Waals surface area contributed by atoms with Crippen molar-refractivity contribution in [2.45, 2.75) is 60.4 Å². The molecule has 0 N–H and O–H groups in total. The van der Waals surface area contributed by atoms with Crippen LogP contribution >= 0.6 is 22.8 Å². The predicted octanol–water partition coefficient (Wildman–Crippen LogP) is -7.54. The second-order valence-corrected chi connectivity index (χ2v) is 18.4. The monoisotopic (exact) mass is 966 g/mol. The first kappa shape index (κ1) is 61.6. The SMILES string of the molecule is CCOP(=O)([O-])c1cc2c(OCC(=O)OC)c(c1)COCc1cc(P(=O)([O-])OCC)cc(c1OCC(=O)OC)COCc1cc(P(=O)([O-])OCC)cc(c1OCC(=O)OC)COC2.[Li+].[Li+].[Li+]. The Morgan fingerprint density at radius 2 is 0.652 bits per heavy atom. The summed E-state index contributed by atoms with van der Waals surface area (Å²) in [5.74, 6) is -2.66. The van der Waals surface area contributed by atoms with Gasteiger partial charge in [-0.2, -0.15) is 0 Å². The molecule has 3 aromatic carbocycles. The quantitative estimate of drug-likeness (QED) is 0.0495. The Kier molecular flexibility index (Phi) is 27.0. The molecule has 3 aromatic rings. The van der Waals surface area contributed by atoms with Gasteiger partial charge in [0.15, 0.2) is 42.6 Å². The van der Waals surface area contributed by atoms with Crippen LogP contribution in [-0.2, 0) is 110 Å². The van der Waals surface area contributed by atoms with Crippen molar-refractivity contribution in [3.8, 4) is 17.2 Å². The van der Waals surface area contributed by atoms with E-state index in [1.54, 1.807) is 0 Å². The molecule has 27 heteroatoms. The number of ether oxygens (including phenoxy) is 9. The zero-order chi connectivity index (χ0) is 46.4. The van der Waals surface area contributed by atoms with E-state index < -0.39 is 100 Å². The largest absolute Gasteiger partial charge is 1.00 e. The molecule has 0 fully saturated rings. The summed E-state index contributed by atoms with van der Waals surface area (Å²) in [6.45, 7) is -0.962. The maximum absolute atomic E-state index is 13.4. The molecule has 348 valence electrons. The van der Waals surface area contributed by atoms with Gasteiger partial charge in [0.25, 0.3) is 0 Å². The average molecular weight is 967 g/mol. The predicted molar refractivity (Wildman–Crippen MR) is 214 cm³/mol. The third-order valence-corrected chi connectivity index (χ3v) is 13.2. The third kappa shape index (κ3) is 17.2. The molecule has 0 amide bonds. The van der Waals surface area contributed by atoms with Crippen molar-refractivity contribution in [1.82, 2.24) is 0 Å². The summed E-state index contributed by atoms with van der Waals surface area (Å²) in [5.41, 5.74) is 0.266. The first-order valence-corrected chi connectivity index (χ1v) is 23.7. The number of hydrogen-bond acceptors (Lipinski definition) is 21. The minimum atomic E-state index is -4.78. The molecule has 1 aliphatic heterocycles. The first-order chi connectivity index (χ1) is 29.9. The van der Waals surface area contributed by atoms with Crippen LogP contribution in [0.1, 0.15) is 54.2 Å². The van der Waals surface area contributed by atoms with Gasteiger partial charge < -0.3 is 84.6 Å². The van der Waals surface area contributed by atoms with Crippen LogP contribution in [0.15, 0.2) is 36.4 Å². The molecular weight excluding hydrogens is 918 g/mol. The van der Waals surface area contributed by atoms with Crippen molar-refractivity contribution in [2.75, 3.05) is 61.0 Å². The van der Waals surface area contributed by atoms with Gasteiger partial charge in [-0.25, -0.2) is 14.4 Å². The summed E-state index contributed by atoms with van der Waals surface area (Å²) in [5, 5.41) is -1.03. The molecular formula is C39H48Li3O21P3. The van der Waals surface area contributed by atoms with Crippen LogP contribution in [0.2, 0.25) is 0 Å². The van der Waals surface area contributed by atoms with Crippen LogP contribution in [0, 0.1) is 0 Å². The van der Waals surface area contributed by atoms with Crippen LogP contribution in [0.5, 0.6) is 17.2 Å².